The smallest absolute Gasteiger partial charge is 0.251 e. The van der Waals surface area contributed by atoms with Crippen LogP contribution in [0.1, 0.15) is 16.2 Å². The van der Waals surface area contributed by atoms with Crippen molar-refractivity contribution >= 4 is 17.5 Å². The summed E-state index contributed by atoms with van der Waals surface area (Å²) in [6.07, 6.45) is 3.95. The molecule has 0 fully saturated rings. The third kappa shape index (κ3) is 3.07. The molecular formula is C12H11ClFN3O. The zero-order valence-corrected chi connectivity index (χ0v) is 10.2. The Morgan fingerprint density at radius 1 is 1.50 bits per heavy atom. The van der Waals surface area contributed by atoms with Crippen molar-refractivity contribution in [2.75, 3.05) is 6.54 Å². The van der Waals surface area contributed by atoms with Crippen LogP contribution in [0.25, 0.3) is 0 Å². The summed E-state index contributed by atoms with van der Waals surface area (Å²) in [6.45, 7) is 0.427. The Hall–Kier alpha value is -1.88. The van der Waals surface area contributed by atoms with Crippen molar-refractivity contribution in [3.8, 4) is 0 Å². The highest BCUT2D eigenvalue weighted by atomic mass is 35.5. The number of aromatic amines is 1. The van der Waals surface area contributed by atoms with Crippen LogP contribution in [0.3, 0.4) is 0 Å². The lowest BCUT2D eigenvalue weighted by Crippen LogP contribution is -2.26. The van der Waals surface area contributed by atoms with Crippen LogP contribution in [-0.2, 0) is 6.42 Å². The van der Waals surface area contributed by atoms with Crippen LogP contribution in [-0.4, -0.2) is 22.4 Å². The van der Waals surface area contributed by atoms with E-state index in [2.05, 4.69) is 15.3 Å². The number of rotatable bonds is 4. The fourth-order valence-corrected chi connectivity index (χ4v) is 1.59. The summed E-state index contributed by atoms with van der Waals surface area (Å²) in [5.74, 6) is -0.148. The van der Waals surface area contributed by atoms with E-state index in [1.807, 2.05) is 0 Å². The van der Waals surface area contributed by atoms with E-state index in [9.17, 15) is 9.18 Å². The summed E-state index contributed by atoms with van der Waals surface area (Å²) in [4.78, 5) is 18.6. The Morgan fingerprint density at radius 2 is 2.33 bits per heavy atom. The molecule has 0 aliphatic rings. The third-order valence-electron chi connectivity index (χ3n) is 2.38. The van der Waals surface area contributed by atoms with Crippen molar-refractivity contribution in [1.82, 2.24) is 15.3 Å². The average Bonchev–Trinajstić information content (AvgIpc) is 2.85. The summed E-state index contributed by atoms with van der Waals surface area (Å²) >= 11 is 5.54. The molecule has 0 bridgehead atoms. The van der Waals surface area contributed by atoms with Crippen molar-refractivity contribution in [2.45, 2.75) is 6.42 Å². The van der Waals surface area contributed by atoms with Crippen LogP contribution < -0.4 is 5.32 Å². The topological polar surface area (TPSA) is 57.8 Å². The van der Waals surface area contributed by atoms with Crippen LogP contribution in [0.5, 0.6) is 0 Å². The zero-order chi connectivity index (χ0) is 13.0. The molecule has 2 rings (SSSR count). The maximum Gasteiger partial charge on any atom is 0.251 e. The van der Waals surface area contributed by atoms with Crippen LogP contribution in [0.2, 0.25) is 5.02 Å². The van der Waals surface area contributed by atoms with E-state index in [1.54, 1.807) is 12.4 Å². The largest absolute Gasteiger partial charge is 0.352 e. The van der Waals surface area contributed by atoms with Gasteiger partial charge < -0.3 is 10.3 Å². The number of hydrogen-bond donors (Lipinski definition) is 2. The molecule has 1 heterocycles. The Labute approximate surface area is 108 Å². The van der Waals surface area contributed by atoms with Crippen molar-refractivity contribution in [3.05, 3.63) is 52.8 Å². The molecule has 0 saturated heterocycles. The summed E-state index contributed by atoms with van der Waals surface area (Å²) in [5, 5.41) is 2.68. The highest BCUT2D eigenvalue weighted by molar-refractivity contribution is 6.30. The first-order valence-electron chi connectivity index (χ1n) is 5.38. The molecule has 4 nitrogen and oxygen atoms in total. The first-order valence-corrected chi connectivity index (χ1v) is 5.76. The van der Waals surface area contributed by atoms with E-state index in [0.29, 0.717) is 13.0 Å². The zero-order valence-electron chi connectivity index (χ0n) is 9.41. The lowest BCUT2D eigenvalue weighted by Gasteiger charge is -2.04. The number of imidazole rings is 1. The second kappa shape index (κ2) is 5.64. The van der Waals surface area contributed by atoms with Gasteiger partial charge in [-0.25, -0.2) is 9.37 Å². The Kier molecular flexibility index (Phi) is 3.94. The molecule has 0 aliphatic carbocycles. The van der Waals surface area contributed by atoms with Gasteiger partial charge in [0.1, 0.15) is 11.6 Å². The van der Waals surface area contributed by atoms with Crippen molar-refractivity contribution in [1.29, 1.82) is 0 Å². The Bertz CT molecular complexity index is 542. The van der Waals surface area contributed by atoms with Gasteiger partial charge in [-0.05, 0) is 18.2 Å². The van der Waals surface area contributed by atoms with Gasteiger partial charge in [0, 0.05) is 30.9 Å². The molecule has 6 heteroatoms. The minimum Gasteiger partial charge on any atom is -0.352 e. The van der Waals surface area contributed by atoms with E-state index in [0.717, 1.165) is 11.9 Å². The number of H-pyrrole nitrogens is 1. The number of aromatic nitrogens is 2. The quantitative estimate of drug-likeness (QED) is 0.892. The number of benzene rings is 1. The molecule has 2 N–H and O–H groups in total. The van der Waals surface area contributed by atoms with Crippen LogP contribution in [0.15, 0.2) is 30.6 Å². The summed E-state index contributed by atoms with van der Waals surface area (Å²) in [5.41, 5.74) is 0.247. The maximum absolute atomic E-state index is 13.2. The molecule has 18 heavy (non-hydrogen) atoms. The van der Waals surface area contributed by atoms with Crippen LogP contribution in [0.4, 0.5) is 4.39 Å². The first-order chi connectivity index (χ1) is 8.66. The second-order valence-corrected chi connectivity index (χ2v) is 4.08. The molecule has 0 aliphatic heterocycles. The highest BCUT2D eigenvalue weighted by Gasteiger charge is 2.08. The van der Waals surface area contributed by atoms with Crippen molar-refractivity contribution < 1.29 is 9.18 Å². The van der Waals surface area contributed by atoms with Crippen LogP contribution >= 0.6 is 11.6 Å². The first kappa shape index (κ1) is 12.6. The number of hydrogen-bond acceptors (Lipinski definition) is 2. The number of carbonyl (C=O) groups excluding carboxylic acids is 1. The number of carbonyl (C=O) groups is 1. The van der Waals surface area contributed by atoms with Gasteiger partial charge in [0.15, 0.2) is 0 Å². The standard InChI is InChI=1S/C12H11ClFN3O/c13-9-2-1-8(7-10(9)14)12(18)17-4-3-11-15-5-6-16-11/h1-2,5-7H,3-4H2,(H,15,16)(H,17,18). The van der Waals surface area contributed by atoms with Gasteiger partial charge in [0.25, 0.3) is 5.91 Å². The molecule has 1 aromatic carbocycles. The number of halogens is 2. The second-order valence-electron chi connectivity index (χ2n) is 3.67. The fraction of sp³-hybridized carbons (Fsp3) is 0.167. The average molecular weight is 268 g/mol. The van der Waals surface area contributed by atoms with Gasteiger partial charge in [-0.1, -0.05) is 11.6 Å². The lowest BCUT2D eigenvalue weighted by atomic mass is 10.2. The Morgan fingerprint density at radius 3 is 3.00 bits per heavy atom. The van der Waals surface area contributed by atoms with E-state index in [4.69, 9.17) is 11.6 Å². The molecule has 0 atom stereocenters. The highest BCUT2D eigenvalue weighted by Crippen LogP contribution is 2.15. The van der Waals surface area contributed by atoms with Crippen LogP contribution in [0, 0.1) is 5.82 Å². The van der Waals surface area contributed by atoms with E-state index >= 15 is 0 Å². The van der Waals surface area contributed by atoms with Crippen molar-refractivity contribution in [3.63, 3.8) is 0 Å². The monoisotopic (exact) mass is 267 g/mol. The minimum absolute atomic E-state index is 0.00198. The van der Waals surface area contributed by atoms with E-state index in [-0.39, 0.29) is 16.5 Å². The predicted octanol–water partition coefficient (Wildman–Crippen LogP) is 2.17. The molecule has 0 unspecified atom stereocenters. The maximum atomic E-state index is 13.2. The SMILES string of the molecule is O=C(NCCc1ncc[nH]1)c1ccc(Cl)c(F)c1. The van der Waals surface area contributed by atoms with Crippen molar-refractivity contribution in [2.24, 2.45) is 0 Å². The summed E-state index contributed by atoms with van der Waals surface area (Å²) in [7, 11) is 0. The molecular weight excluding hydrogens is 257 g/mol. The number of nitrogens with zero attached hydrogens (tertiary/aromatic N) is 1. The number of amides is 1. The normalized spacial score (nSPS) is 10.3. The van der Waals surface area contributed by atoms with Gasteiger partial charge in [-0.3, -0.25) is 4.79 Å². The van der Waals surface area contributed by atoms with Gasteiger partial charge >= 0.3 is 0 Å². The molecule has 1 amide bonds. The Balaban J connectivity index is 1.89. The number of nitrogens with one attached hydrogen (secondary N) is 2. The lowest BCUT2D eigenvalue weighted by molar-refractivity contribution is 0.0953. The molecule has 1 aromatic heterocycles. The van der Waals surface area contributed by atoms with Gasteiger partial charge in [0.2, 0.25) is 0 Å². The molecule has 94 valence electrons. The predicted molar refractivity (Wildman–Crippen MR) is 66.0 cm³/mol. The molecule has 2 aromatic rings. The van der Waals surface area contributed by atoms with E-state index in [1.165, 1.54) is 12.1 Å². The fourth-order valence-electron chi connectivity index (χ4n) is 1.47. The molecule has 0 spiro atoms. The summed E-state index contributed by atoms with van der Waals surface area (Å²) in [6, 6.07) is 3.95. The molecule has 0 radical (unpaired) electrons. The minimum atomic E-state index is -0.602. The molecule has 0 saturated carbocycles. The van der Waals surface area contributed by atoms with E-state index < -0.39 is 5.82 Å². The van der Waals surface area contributed by atoms with Gasteiger partial charge in [-0.2, -0.15) is 0 Å². The summed E-state index contributed by atoms with van der Waals surface area (Å²) < 4.78 is 13.2. The van der Waals surface area contributed by atoms with Gasteiger partial charge in [0.05, 0.1) is 5.02 Å². The van der Waals surface area contributed by atoms with Gasteiger partial charge in [-0.15, -0.1) is 0 Å². The third-order valence-corrected chi connectivity index (χ3v) is 2.69.